The maximum absolute atomic E-state index is 12.1. The molecule has 0 radical (unpaired) electrons. The normalized spacial score (nSPS) is 15.8. The van der Waals surface area contributed by atoms with Crippen LogP contribution in [0.15, 0.2) is 60.7 Å². The second-order valence-corrected chi connectivity index (χ2v) is 6.21. The van der Waals surface area contributed by atoms with Gasteiger partial charge in [0.15, 0.2) is 11.6 Å². The summed E-state index contributed by atoms with van der Waals surface area (Å²) in [6, 6.07) is 18.3. The molecule has 3 heteroatoms. The molecule has 0 saturated heterocycles. The van der Waals surface area contributed by atoms with E-state index in [1.54, 1.807) is 19.1 Å². The summed E-state index contributed by atoms with van der Waals surface area (Å²) in [7, 11) is 0. The summed E-state index contributed by atoms with van der Waals surface area (Å²) in [6.07, 6.45) is 4.26. The van der Waals surface area contributed by atoms with Crippen molar-refractivity contribution in [2.45, 2.75) is 44.6 Å². The summed E-state index contributed by atoms with van der Waals surface area (Å²) in [4.78, 5) is 22.7. The van der Waals surface area contributed by atoms with Crippen molar-refractivity contribution in [1.29, 1.82) is 0 Å². The topological polar surface area (TPSA) is 54.4 Å². The summed E-state index contributed by atoms with van der Waals surface area (Å²) >= 11 is 0. The van der Waals surface area contributed by atoms with Gasteiger partial charge >= 0.3 is 0 Å². The van der Waals surface area contributed by atoms with Crippen molar-refractivity contribution >= 4 is 11.6 Å². The Kier molecular flexibility index (Phi) is 6.44. The summed E-state index contributed by atoms with van der Waals surface area (Å²) < 4.78 is 0. The van der Waals surface area contributed by atoms with Crippen LogP contribution in [0.3, 0.4) is 0 Å². The quantitative estimate of drug-likeness (QED) is 0.848. The number of Topliss-reactive ketones (excluding diaryl/α,β-unsaturated/α-hetero) is 2. The average Bonchev–Trinajstić information content (AvgIpc) is 2.64. The molecule has 24 heavy (non-hydrogen) atoms. The zero-order valence-electron chi connectivity index (χ0n) is 14.1. The van der Waals surface area contributed by atoms with Crippen molar-refractivity contribution < 1.29 is 14.7 Å². The molecule has 1 fully saturated rings. The number of aliphatic hydroxyl groups is 1. The highest BCUT2D eigenvalue weighted by atomic mass is 16.3. The molecule has 0 heterocycles. The number of hydrogen-bond donors (Lipinski definition) is 1. The maximum atomic E-state index is 12.1. The molecule has 1 saturated carbocycles. The maximum Gasteiger partial charge on any atom is 0.194 e. The predicted molar refractivity (Wildman–Crippen MR) is 95.3 cm³/mol. The van der Waals surface area contributed by atoms with Crippen molar-refractivity contribution in [3.63, 3.8) is 0 Å². The third-order valence-electron chi connectivity index (χ3n) is 4.32. The lowest BCUT2D eigenvalue weighted by Gasteiger charge is -2.30. The highest BCUT2D eigenvalue weighted by Crippen LogP contribution is 2.30. The first-order valence-electron chi connectivity index (χ1n) is 8.41. The molecular formula is C21H24O3. The Labute approximate surface area is 143 Å². The van der Waals surface area contributed by atoms with E-state index in [4.69, 9.17) is 0 Å². The van der Waals surface area contributed by atoms with Gasteiger partial charge in [-0.05, 0) is 19.8 Å². The number of carbonyl (C=O) groups is 2. The Morgan fingerprint density at radius 2 is 1.25 bits per heavy atom. The predicted octanol–water partition coefficient (Wildman–Crippen LogP) is 4.45. The Balaban J connectivity index is 0.000000198. The Morgan fingerprint density at radius 3 is 1.67 bits per heavy atom. The van der Waals surface area contributed by atoms with Crippen LogP contribution in [-0.2, 0) is 0 Å². The molecule has 0 aliphatic heterocycles. The fourth-order valence-electron chi connectivity index (χ4n) is 2.89. The van der Waals surface area contributed by atoms with Crippen LogP contribution in [0.2, 0.25) is 0 Å². The molecular weight excluding hydrogens is 300 g/mol. The van der Waals surface area contributed by atoms with E-state index in [0.717, 1.165) is 24.8 Å². The highest BCUT2D eigenvalue weighted by Gasteiger charge is 2.37. The van der Waals surface area contributed by atoms with Gasteiger partial charge in [-0.25, -0.2) is 0 Å². The van der Waals surface area contributed by atoms with E-state index < -0.39 is 5.60 Å². The molecule has 1 aliphatic carbocycles. The minimum absolute atomic E-state index is 0.109. The Morgan fingerprint density at radius 1 is 0.792 bits per heavy atom. The number of hydrogen-bond acceptors (Lipinski definition) is 3. The van der Waals surface area contributed by atoms with E-state index >= 15 is 0 Å². The number of ketones is 2. The van der Waals surface area contributed by atoms with E-state index in [9.17, 15) is 14.7 Å². The average molecular weight is 324 g/mol. The summed E-state index contributed by atoms with van der Waals surface area (Å²) in [5.74, 6) is 0.0124. The van der Waals surface area contributed by atoms with Gasteiger partial charge in [-0.15, -0.1) is 0 Å². The van der Waals surface area contributed by atoms with E-state index in [-0.39, 0.29) is 11.6 Å². The molecule has 0 aromatic heterocycles. The monoisotopic (exact) mass is 324 g/mol. The van der Waals surface area contributed by atoms with Gasteiger partial charge in [0.1, 0.15) is 5.60 Å². The van der Waals surface area contributed by atoms with Crippen LogP contribution >= 0.6 is 0 Å². The van der Waals surface area contributed by atoms with Gasteiger partial charge < -0.3 is 5.11 Å². The fourth-order valence-corrected chi connectivity index (χ4v) is 2.89. The van der Waals surface area contributed by atoms with E-state index in [1.165, 1.54) is 0 Å². The van der Waals surface area contributed by atoms with Crippen molar-refractivity contribution in [2.75, 3.05) is 0 Å². The summed E-state index contributed by atoms with van der Waals surface area (Å²) in [6.45, 7) is 1.56. The van der Waals surface area contributed by atoms with Crippen LogP contribution in [-0.4, -0.2) is 22.3 Å². The summed E-state index contributed by atoms with van der Waals surface area (Å²) in [5, 5.41) is 10.2. The molecule has 0 spiro atoms. The van der Waals surface area contributed by atoms with Gasteiger partial charge in [-0.3, -0.25) is 9.59 Å². The van der Waals surface area contributed by atoms with Crippen molar-refractivity contribution in [3.05, 3.63) is 71.8 Å². The zero-order valence-corrected chi connectivity index (χ0v) is 14.1. The number of carbonyl (C=O) groups excluding carboxylic acids is 2. The number of rotatable bonds is 3. The van der Waals surface area contributed by atoms with Gasteiger partial charge in [-0.2, -0.15) is 0 Å². The molecule has 1 aliphatic rings. The van der Waals surface area contributed by atoms with E-state index in [0.29, 0.717) is 18.4 Å². The number of benzene rings is 2. The molecule has 2 aromatic carbocycles. The van der Waals surface area contributed by atoms with E-state index in [2.05, 4.69) is 0 Å². The minimum Gasteiger partial charge on any atom is -0.382 e. The molecule has 0 atom stereocenters. The lowest BCUT2D eigenvalue weighted by Crippen LogP contribution is -2.40. The van der Waals surface area contributed by atoms with Gasteiger partial charge in [-0.1, -0.05) is 79.9 Å². The second-order valence-electron chi connectivity index (χ2n) is 6.21. The van der Waals surface area contributed by atoms with Crippen LogP contribution in [0, 0.1) is 0 Å². The fraction of sp³-hybridized carbons (Fsp3) is 0.333. The molecule has 0 bridgehead atoms. The molecule has 1 N–H and O–H groups in total. The Bertz CT molecular complexity index is 656. The molecule has 3 rings (SSSR count). The first kappa shape index (κ1) is 18.1. The SMILES string of the molecule is CC(=O)c1ccccc1.O=C(c1ccccc1)C1(O)CCCCC1. The molecule has 2 aromatic rings. The van der Waals surface area contributed by atoms with Crippen LogP contribution in [0.25, 0.3) is 0 Å². The third-order valence-corrected chi connectivity index (χ3v) is 4.32. The lowest BCUT2D eigenvalue weighted by molar-refractivity contribution is 0.0116. The molecule has 0 amide bonds. The summed E-state index contributed by atoms with van der Waals surface area (Å²) in [5.41, 5.74) is 0.305. The highest BCUT2D eigenvalue weighted by molar-refractivity contribution is 6.02. The van der Waals surface area contributed by atoms with Crippen LogP contribution in [0.5, 0.6) is 0 Å². The van der Waals surface area contributed by atoms with Crippen molar-refractivity contribution in [2.24, 2.45) is 0 Å². The second kappa shape index (κ2) is 8.55. The van der Waals surface area contributed by atoms with Crippen molar-refractivity contribution in [3.8, 4) is 0 Å². The van der Waals surface area contributed by atoms with E-state index in [1.807, 2.05) is 48.5 Å². The van der Waals surface area contributed by atoms with Gasteiger partial charge in [0.25, 0.3) is 0 Å². The van der Waals surface area contributed by atoms with Crippen LogP contribution in [0.1, 0.15) is 59.7 Å². The lowest BCUT2D eigenvalue weighted by atomic mass is 9.79. The van der Waals surface area contributed by atoms with Gasteiger partial charge in [0.05, 0.1) is 0 Å². The van der Waals surface area contributed by atoms with Gasteiger partial charge in [0.2, 0.25) is 0 Å². The Hall–Kier alpha value is -2.26. The zero-order chi connectivity index (χ0) is 17.4. The standard InChI is InChI=1S/C13H16O2.C8H8O/c14-12(11-7-3-1-4-8-11)13(15)9-5-2-6-10-13;1-7(9)8-5-3-2-4-6-8/h1,3-4,7-8,15H,2,5-6,9-10H2;2-6H,1H3. The third kappa shape index (κ3) is 4.87. The van der Waals surface area contributed by atoms with Crippen molar-refractivity contribution in [1.82, 2.24) is 0 Å². The minimum atomic E-state index is -1.10. The largest absolute Gasteiger partial charge is 0.382 e. The smallest absolute Gasteiger partial charge is 0.194 e. The first-order chi connectivity index (χ1) is 11.5. The van der Waals surface area contributed by atoms with Crippen LogP contribution < -0.4 is 0 Å². The molecule has 3 nitrogen and oxygen atoms in total. The van der Waals surface area contributed by atoms with Crippen LogP contribution in [0.4, 0.5) is 0 Å². The molecule has 0 unspecified atom stereocenters. The first-order valence-corrected chi connectivity index (χ1v) is 8.41. The van der Waals surface area contributed by atoms with Gasteiger partial charge in [0, 0.05) is 11.1 Å². The molecule has 126 valence electrons.